The van der Waals surface area contributed by atoms with Crippen molar-refractivity contribution in [1.82, 2.24) is 4.90 Å². The third kappa shape index (κ3) is 2.53. The average Bonchev–Trinajstić information content (AvgIpc) is 3.20. The lowest BCUT2D eigenvalue weighted by Crippen LogP contribution is -2.54. The van der Waals surface area contributed by atoms with Gasteiger partial charge < -0.3 is 9.47 Å². The molecule has 0 aromatic heterocycles. The Bertz CT molecular complexity index is 636. The van der Waals surface area contributed by atoms with Gasteiger partial charge >= 0.3 is 11.9 Å². The van der Waals surface area contributed by atoms with E-state index in [2.05, 4.69) is 18.7 Å². The first-order chi connectivity index (χ1) is 13.0. The predicted molar refractivity (Wildman–Crippen MR) is 99.7 cm³/mol. The van der Waals surface area contributed by atoms with E-state index in [1.807, 2.05) is 6.92 Å². The van der Waals surface area contributed by atoms with Gasteiger partial charge in [0.05, 0.1) is 11.8 Å². The van der Waals surface area contributed by atoms with Crippen LogP contribution in [-0.4, -0.2) is 47.7 Å². The Balaban J connectivity index is 1.51. The van der Waals surface area contributed by atoms with Crippen LogP contribution in [0.15, 0.2) is 0 Å². The Morgan fingerprint density at radius 3 is 2.56 bits per heavy atom. The first-order valence-corrected chi connectivity index (χ1v) is 11.2. The van der Waals surface area contributed by atoms with Crippen molar-refractivity contribution in [1.29, 1.82) is 0 Å². The van der Waals surface area contributed by atoms with Gasteiger partial charge in [0, 0.05) is 23.9 Å². The second kappa shape index (κ2) is 6.47. The molecule has 150 valence electrons. The summed E-state index contributed by atoms with van der Waals surface area (Å²) in [6, 6.07) is 0.865. The van der Waals surface area contributed by atoms with Crippen molar-refractivity contribution in [3.8, 4) is 0 Å². The summed E-state index contributed by atoms with van der Waals surface area (Å²) < 4.78 is 11.8. The average molecular weight is 376 g/mol. The molecule has 0 aromatic rings. The maximum Gasteiger partial charge on any atom is 0.309 e. The molecular formula is C22H33NO4. The normalized spacial score (nSPS) is 52.1. The molecule has 5 heteroatoms. The molecule has 5 rings (SSSR count). The Kier molecular flexibility index (Phi) is 4.30. The van der Waals surface area contributed by atoms with Gasteiger partial charge in [-0.3, -0.25) is 14.5 Å². The molecule has 0 radical (unpaired) electrons. The number of nitrogens with zero attached hydrogens (tertiary/aromatic N) is 1. The molecule has 4 aliphatic heterocycles. The summed E-state index contributed by atoms with van der Waals surface area (Å²) in [4.78, 5) is 27.3. The topological polar surface area (TPSA) is 55.8 Å². The number of hydrogen-bond acceptors (Lipinski definition) is 5. The Labute approximate surface area is 162 Å². The molecule has 0 aromatic carbocycles. The van der Waals surface area contributed by atoms with Crippen LogP contribution in [-0.2, 0) is 19.1 Å². The van der Waals surface area contributed by atoms with E-state index in [9.17, 15) is 9.59 Å². The minimum Gasteiger partial charge on any atom is -0.462 e. The lowest BCUT2D eigenvalue weighted by molar-refractivity contribution is -0.148. The number of cyclic esters (lactones) is 1. The molecule has 0 bridgehead atoms. The molecule has 1 aliphatic carbocycles. The number of hydrogen-bond donors (Lipinski definition) is 0. The molecule has 5 fully saturated rings. The number of fused-ring (bicyclic) bond motifs is 2. The molecule has 0 amide bonds. The van der Waals surface area contributed by atoms with Crippen LogP contribution < -0.4 is 0 Å². The number of ether oxygens (including phenoxy) is 2. The van der Waals surface area contributed by atoms with E-state index < -0.39 is 0 Å². The fourth-order valence-electron chi connectivity index (χ4n) is 7.48. The molecular weight excluding hydrogens is 342 g/mol. The van der Waals surface area contributed by atoms with Crippen LogP contribution in [0.25, 0.3) is 0 Å². The van der Waals surface area contributed by atoms with Crippen LogP contribution >= 0.6 is 0 Å². The van der Waals surface area contributed by atoms with E-state index >= 15 is 0 Å². The van der Waals surface area contributed by atoms with Crippen LogP contribution in [0.2, 0.25) is 0 Å². The number of carbonyl (C=O) groups excluding carboxylic acids is 2. The van der Waals surface area contributed by atoms with E-state index in [1.54, 1.807) is 0 Å². The summed E-state index contributed by atoms with van der Waals surface area (Å²) in [5.41, 5.74) is 0. The van der Waals surface area contributed by atoms with Crippen molar-refractivity contribution in [2.75, 3.05) is 6.54 Å². The summed E-state index contributed by atoms with van der Waals surface area (Å²) in [6.07, 6.45) is 6.87. The summed E-state index contributed by atoms with van der Waals surface area (Å²) >= 11 is 0. The molecule has 0 N–H and O–H groups in total. The van der Waals surface area contributed by atoms with Crippen molar-refractivity contribution in [3.63, 3.8) is 0 Å². The number of esters is 2. The van der Waals surface area contributed by atoms with Gasteiger partial charge in [0.2, 0.25) is 0 Å². The van der Waals surface area contributed by atoms with Gasteiger partial charge in [-0.2, -0.15) is 0 Å². The zero-order valence-corrected chi connectivity index (χ0v) is 16.8. The highest BCUT2D eigenvalue weighted by Gasteiger charge is 2.63. The van der Waals surface area contributed by atoms with Gasteiger partial charge in [0.15, 0.2) is 0 Å². The van der Waals surface area contributed by atoms with Crippen molar-refractivity contribution in [3.05, 3.63) is 0 Å². The van der Waals surface area contributed by atoms with Gasteiger partial charge in [-0.1, -0.05) is 27.2 Å². The monoisotopic (exact) mass is 375 g/mol. The molecule has 4 saturated heterocycles. The van der Waals surface area contributed by atoms with Crippen LogP contribution in [0.5, 0.6) is 0 Å². The Morgan fingerprint density at radius 2 is 1.85 bits per heavy atom. The zero-order chi connectivity index (χ0) is 18.9. The smallest absolute Gasteiger partial charge is 0.309 e. The third-order valence-electron chi connectivity index (χ3n) is 8.61. The maximum absolute atomic E-state index is 12.5. The predicted octanol–water partition coefficient (Wildman–Crippen LogP) is 3.01. The highest BCUT2D eigenvalue weighted by molar-refractivity contribution is 5.75. The molecule has 0 unspecified atom stereocenters. The SMILES string of the molecule is CC[C@H]1[C@H]2CCCCN3[C@H]2[C@@H](C[C@H]3[C@@H]2C[C@H](C)C(=O)O2)[C@@H]2[C@H]1OC(=O)[C@H]2C. The van der Waals surface area contributed by atoms with E-state index in [-0.39, 0.29) is 36.0 Å². The molecule has 10 atom stereocenters. The molecule has 1 saturated carbocycles. The Morgan fingerprint density at radius 1 is 1.04 bits per heavy atom. The number of carbonyl (C=O) groups is 2. The summed E-state index contributed by atoms with van der Waals surface area (Å²) in [5.74, 6) is 1.94. The second-order valence-corrected chi connectivity index (χ2v) is 9.81. The molecule has 0 spiro atoms. The summed E-state index contributed by atoms with van der Waals surface area (Å²) in [7, 11) is 0. The fourth-order valence-corrected chi connectivity index (χ4v) is 7.48. The van der Waals surface area contributed by atoms with E-state index in [1.165, 1.54) is 19.3 Å². The summed E-state index contributed by atoms with van der Waals surface area (Å²) in [5, 5.41) is 0. The van der Waals surface area contributed by atoms with Gasteiger partial charge in [0.25, 0.3) is 0 Å². The van der Waals surface area contributed by atoms with Gasteiger partial charge in [-0.05, 0) is 50.5 Å². The van der Waals surface area contributed by atoms with Crippen molar-refractivity contribution >= 4 is 11.9 Å². The third-order valence-corrected chi connectivity index (χ3v) is 8.61. The molecule has 4 heterocycles. The van der Waals surface area contributed by atoms with Gasteiger partial charge in [-0.25, -0.2) is 0 Å². The van der Waals surface area contributed by atoms with Crippen LogP contribution in [0, 0.1) is 35.5 Å². The van der Waals surface area contributed by atoms with Crippen molar-refractivity contribution < 1.29 is 19.1 Å². The van der Waals surface area contributed by atoms with Crippen molar-refractivity contribution in [2.45, 2.75) is 83.6 Å². The maximum atomic E-state index is 12.5. The quantitative estimate of drug-likeness (QED) is 0.695. The van der Waals surface area contributed by atoms with Gasteiger partial charge in [-0.15, -0.1) is 0 Å². The molecule has 5 nitrogen and oxygen atoms in total. The van der Waals surface area contributed by atoms with Crippen LogP contribution in [0.4, 0.5) is 0 Å². The lowest BCUT2D eigenvalue weighted by atomic mass is 9.60. The Hall–Kier alpha value is -1.10. The van der Waals surface area contributed by atoms with Gasteiger partial charge in [0.1, 0.15) is 12.2 Å². The van der Waals surface area contributed by atoms with Crippen LogP contribution in [0.3, 0.4) is 0 Å². The minimum atomic E-state index is -0.0294. The molecule has 27 heavy (non-hydrogen) atoms. The van der Waals surface area contributed by atoms with E-state index in [0.29, 0.717) is 35.8 Å². The van der Waals surface area contributed by atoms with Crippen molar-refractivity contribution in [2.24, 2.45) is 35.5 Å². The molecule has 5 aliphatic rings. The lowest BCUT2D eigenvalue weighted by Gasteiger charge is -2.48. The highest BCUT2D eigenvalue weighted by atomic mass is 16.6. The number of rotatable bonds is 2. The zero-order valence-electron chi connectivity index (χ0n) is 16.8. The second-order valence-electron chi connectivity index (χ2n) is 9.81. The minimum absolute atomic E-state index is 0.00362. The highest BCUT2D eigenvalue weighted by Crippen LogP contribution is 2.57. The largest absolute Gasteiger partial charge is 0.462 e. The van der Waals surface area contributed by atoms with Crippen LogP contribution in [0.1, 0.15) is 59.3 Å². The first kappa shape index (κ1) is 18.0. The van der Waals surface area contributed by atoms with E-state index in [0.717, 1.165) is 25.8 Å². The van der Waals surface area contributed by atoms with E-state index in [4.69, 9.17) is 9.47 Å². The summed E-state index contributed by atoms with van der Waals surface area (Å²) in [6.45, 7) is 7.44. The fraction of sp³-hybridized carbons (Fsp3) is 0.909. The standard InChI is InChI=1S/C22H33NO4/c1-4-13-14-7-5-6-8-23-16(17-9-11(2)21(24)26-17)10-15(19(14)23)18-12(3)22(25)27-20(13)18/h11-20H,4-10H2,1-3H3/t11-,12-,13-,14+,15-,16-,17-,18+,19+,20-/m0/s1. The first-order valence-electron chi connectivity index (χ1n) is 11.2.